The second-order valence-electron chi connectivity index (χ2n) is 26.6. The summed E-state index contributed by atoms with van der Waals surface area (Å²) in [5.74, 6) is -10.9. The molecule has 1 heterocycles. The number of amides is 8. The number of unbranched alkanes of at least 4 members (excludes halogenated alkanes) is 8. The van der Waals surface area contributed by atoms with Crippen LogP contribution in [0.25, 0.3) is 0 Å². The first-order valence-electron chi connectivity index (χ1n) is 33.8. The molecule has 24 nitrogen and oxygen atoms in total. The van der Waals surface area contributed by atoms with Crippen LogP contribution in [0.15, 0.2) is 60.7 Å². The van der Waals surface area contributed by atoms with Gasteiger partial charge >= 0.3 is 23.9 Å². The molecule has 94 heavy (non-hydrogen) atoms. The Balaban J connectivity index is 1.87. The van der Waals surface area contributed by atoms with Crippen LogP contribution in [0.1, 0.15) is 216 Å². The molecule has 0 bridgehead atoms. The molecule has 0 saturated carbocycles. The average Bonchev–Trinajstić information content (AvgIpc) is 1.23. The zero-order chi connectivity index (χ0) is 69.9. The lowest BCUT2D eigenvalue weighted by Crippen LogP contribution is -2.61. The van der Waals surface area contributed by atoms with Gasteiger partial charge in [-0.1, -0.05) is 188 Å². The summed E-state index contributed by atoms with van der Waals surface area (Å²) < 4.78 is 16.9. The quantitative estimate of drug-likeness (QED) is 0.0146. The lowest BCUT2D eigenvalue weighted by molar-refractivity contribution is -0.199. The van der Waals surface area contributed by atoms with E-state index in [0.29, 0.717) is 17.0 Å². The Morgan fingerprint density at radius 2 is 0.862 bits per heavy atom. The number of nitrogens with one attached hydrogen (secondary N) is 6. The molecule has 1 aliphatic rings. The van der Waals surface area contributed by atoms with Crippen molar-refractivity contribution in [3.05, 3.63) is 71.8 Å². The highest BCUT2D eigenvalue weighted by atomic mass is 16.7. The summed E-state index contributed by atoms with van der Waals surface area (Å²) in [5.41, 5.74) is 7.63. The van der Waals surface area contributed by atoms with Crippen molar-refractivity contribution in [2.75, 3.05) is 0 Å². The van der Waals surface area contributed by atoms with Crippen LogP contribution in [0.5, 0.6) is 0 Å². The van der Waals surface area contributed by atoms with Crippen LogP contribution in [0.3, 0.4) is 0 Å². The van der Waals surface area contributed by atoms with Gasteiger partial charge in [-0.05, 0) is 85.7 Å². The Bertz CT molecular complexity index is 2730. The molecular formula is C70H108N8O16. The van der Waals surface area contributed by atoms with Gasteiger partial charge in [-0.15, -0.1) is 5.06 Å². The highest BCUT2D eigenvalue weighted by Gasteiger charge is 2.38. The van der Waals surface area contributed by atoms with E-state index in [1.54, 1.807) is 70.2 Å². The molecule has 8 N–H and O–H groups in total. The topological polar surface area (TPSA) is 343 Å². The molecule has 8 atom stereocenters. The molecule has 2 aromatic carbocycles. The van der Waals surface area contributed by atoms with Gasteiger partial charge in [-0.3, -0.25) is 47.9 Å². The number of nitrogens with two attached hydrogens (primary N) is 1. The summed E-state index contributed by atoms with van der Waals surface area (Å²) in [6, 6.07) is 8.44. The molecule has 524 valence electrons. The first-order chi connectivity index (χ1) is 44.6. The van der Waals surface area contributed by atoms with E-state index in [0.717, 1.165) is 44.1 Å². The average molecular weight is 1320 g/mol. The zero-order valence-corrected chi connectivity index (χ0v) is 57.4. The largest absolute Gasteiger partial charge is 0.461 e. The van der Waals surface area contributed by atoms with Gasteiger partial charge in [0.05, 0.1) is 18.9 Å². The summed E-state index contributed by atoms with van der Waals surface area (Å²) in [7, 11) is 0. The van der Waals surface area contributed by atoms with Crippen LogP contribution < -0.4 is 37.6 Å². The number of carbonyl (C=O) groups excluding carboxylic acids is 12. The van der Waals surface area contributed by atoms with Crippen molar-refractivity contribution in [1.82, 2.24) is 37.0 Å². The lowest BCUT2D eigenvalue weighted by atomic mass is 9.98. The van der Waals surface area contributed by atoms with Crippen molar-refractivity contribution in [1.29, 1.82) is 0 Å². The van der Waals surface area contributed by atoms with Crippen LogP contribution in [0, 0.1) is 29.6 Å². The van der Waals surface area contributed by atoms with Crippen molar-refractivity contribution in [2.45, 2.75) is 266 Å². The zero-order valence-electron chi connectivity index (χ0n) is 57.4. The van der Waals surface area contributed by atoms with E-state index < -0.39 is 138 Å². The van der Waals surface area contributed by atoms with Gasteiger partial charge in [0.1, 0.15) is 55.6 Å². The fourth-order valence-corrected chi connectivity index (χ4v) is 10.4. The Labute approximate surface area is 555 Å². The van der Waals surface area contributed by atoms with E-state index in [1.807, 2.05) is 59.7 Å². The molecule has 0 radical (unpaired) electrons. The number of esters is 3. The van der Waals surface area contributed by atoms with E-state index in [4.69, 9.17) is 24.8 Å². The SMILES string of the molecule is CCCCCCCCCCC[C@@H](CC(=O)ON1C(=O)CCC1=O)OC(=O)[C@H](CC(C)C)NC(=O)[C@@H](CC(C)C)NC(=O)[C@H](CC(=O)OCc1ccccc1)NC(=O)[C@@H](NC(=O)[C@@H](CC(C)C)NC(=O)[C@H](CC(C)C)NC(=O)[C@@H](N)CCC(=O)OCc1ccccc1)C(C)C. The summed E-state index contributed by atoms with van der Waals surface area (Å²) in [4.78, 5) is 169. The fourth-order valence-electron chi connectivity index (χ4n) is 10.4. The standard InChI is InChI=1S/C70H108N8O16/c1-12-13-14-15-16-17-18-19-26-31-51(40-62(83)94-78-58(79)33-34-59(78)80)93-70(90)57(39-47(8)9)76-66(86)54(37-45(4)5)73-67(87)56(41-61(82)92-43-50-29-24-21-25-30-50)75-69(89)63(48(10)11)77-68(88)55(38-46(6)7)74-65(85)53(36-44(2)3)72-64(84)52(71)32-35-60(81)91-42-49-27-22-20-23-28-49/h20-25,27-30,44-48,51-57,63H,12-19,26,31-43,71H2,1-11H3,(H,72,84)(H,73,87)(H,74,85)(H,75,89)(H,76,86)(H,77,88)/t51-,52-,53-,54+,55+,56-,57-,63-/m0/s1. The Morgan fingerprint density at radius 1 is 0.457 bits per heavy atom. The summed E-state index contributed by atoms with van der Waals surface area (Å²) >= 11 is 0. The molecule has 0 aromatic heterocycles. The lowest BCUT2D eigenvalue weighted by Gasteiger charge is -2.30. The molecule has 0 aliphatic carbocycles. The second kappa shape index (κ2) is 43.3. The van der Waals surface area contributed by atoms with Crippen molar-refractivity contribution in [3.8, 4) is 0 Å². The smallest absolute Gasteiger partial charge is 0.336 e. The first-order valence-corrected chi connectivity index (χ1v) is 33.8. The van der Waals surface area contributed by atoms with E-state index in [9.17, 15) is 57.5 Å². The molecule has 1 aliphatic heterocycles. The Morgan fingerprint density at radius 3 is 1.33 bits per heavy atom. The number of benzene rings is 2. The van der Waals surface area contributed by atoms with Crippen LogP contribution >= 0.6 is 0 Å². The summed E-state index contributed by atoms with van der Waals surface area (Å²) in [6.07, 6.45) is 6.80. The van der Waals surface area contributed by atoms with Crippen LogP contribution in [-0.4, -0.2) is 125 Å². The highest BCUT2D eigenvalue weighted by Crippen LogP contribution is 2.21. The van der Waals surface area contributed by atoms with E-state index in [1.165, 1.54) is 12.8 Å². The van der Waals surface area contributed by atoms with Crippen LogP contribution in [-0.2, 0) is 89.8 Å². The van der Waals surface area contributed by atoms with Gasteiger partial charge in [0.25, 0.3) is 11.8 Å². The molecule has 1 fully saturated rings. The maximum atomic E-state index is 14.7. The van der Waals surface area contributed by atoms with Gasteiger partial charge in [-0.25, -0.2) is 9.59 Å². The molecule has 8 amide bonds. The number of rotatable bonds is 45. The minimum absolute atomic E-state index is 0.00923. The van der Waals surface area contributed by atoms with Gasteiger partial charge < -0.3 is 56.7 Å². The minimum Gasteiger partial charge on any atom is -0.461 e. The second-order valence-corrected chi connectivity index (χ2v) is 26.6. The van der Waals surface area contributed by atoms with Crippen molar-refractivity contribution >= 4 is 71.1 Å². The number of hydrogen-bond acceptors (Lipinski definition) is 17. The fraction of sp³-hybridized carbons (Fsp3) is 0.657. The number of carbonyl (C=O) groups is 12. The van der Waals surface area contributed by atoms with Crippen LogP contribution in [0.4, 0.5) is 0 Å². The number of hydrogen-bond donors (Lipinski definition) is 7. The summed E-state index contributed by atoms with van der Waals surface area (Å²) in [5, 5.41) is 16.7. The summed E-state index contributed by atoms with van der Waals surface area (Å²) in [6.45, 7) is 19.9. The third-order valence-corrected chi connectivity index (χ3v) is 15.6. The van der Waals surface area contributed by atoms with E-state index in [-0.39, 0.29) is 94.7 Å². The Hall–Kier alpha value is -7.76. The predicted octanol–water partition coefficient (Wildman–Crippen LogP) is 7.55. The molecule has 24 heteroatoms. The Kier molecular flexibility index (Phi) is 37.0. The number of hydroxylamine groups is 2. The van der Waals surface area contributed by atoms with Crippen molar-refractivity contribution in [3.63, 3.8) is 0 Å². The molecule has 0 unspecified atom stereocenters. The minimum atomic E-state index is -1.71. The van der Waals surface area contributed by atoms with Gasteiger partial charge in [0.2, 0.25) is 35.4 Å². The maximum absolute atomic E-state index is 14.7. The van der Waals surface area contributed by atoms with Crippen LogP contribution in [0.2, 0.25) is 0 Å². The third kappa shape index (κ3) is 31.9. The molecule has 0 spiro atoms. The molecule has 2 aromatic rings. The number of nitrogens with zero attached hydrogens (tertiary/aromatic N) is 1. The number of ether oxygens (including phenoxy) is 3. The monoisotopic (exact) mass is 1320 g/mol. The van der Waals surface area contributed by atoms with Crippen molar-refractivity contribution < 1.29 is 76.6 Å². The van der Waals surface area contributed by atoms with E-state index in [2.05, 4.69) is 38.8 Å². The highest BCUT2D eigenvalue weighted by molar-refractivity contribution is 6.02. The van der Waals surface area contributed by atoms with Gasteiger partial charge in [-0.2, -0.15) is 0 Å². The van der Waals surface area contributed by atoms with Gasteiger partial charge in [0.15, 0.2) is 0 Å². The predicted molar refractivity (Wildman–Crippen MR) is 352 cm³/mol. The molecule has 3 rings (SSSR count). The third-order valence-electron chi connectivity index (χ3n) is 15.6. The maximum Gasteiger partial charge on any atom is 0.336 e. The normalized spacial score (nSPS) is 14.9. The van der Waals surface area contributed by atoms with E-state index >= 15 is 0 Å². The van der Waals surface area contributed by atoms with Crippen molar-refractivity contribution in [2.24, 2.45) is 35.3 Å². The molecular weight excluding hydrogens is 1210 g/mol. The molecule has 1 saturated heterocycles. The van der Waals surface area contributed by atoms with Gasteiger partial charge in [0, 0.05) is 19.3 Å². The first kappa shape index (κ1) is 80.5. The number of imide groups is 1.